The number of hydrogen-bond acceptors (Lipinski definition) is 3. The van der Waals surface area contributed by atoms with Gasteiger partial charge in [0.15, 0.2) is 0 Å². The average Bonchev–Trinajstić information content (AvgIpc) is 3.28. The highest BCUT2D eigenvalue weighted by molar-refractivity contribution is 5.78. The lowest BCUT2D eigenvalue weighted by atomic mass is 10.1. The summed E-state index contributed by atoms with van der Waals surface area (Å²) in [7, 11) is 1.71. The van der Waals surface area contributed by atoms with E-state index in [0.717, 1.165) is 6.54 Å². The lowest BCUT2D eigenvalue weighted by Crippen LogP contribution is -3.08. The van der Waals surface area contributed by atoms with Gasteiger partial charge in [-0.05, 0) is 17.7 Å². The highest BCUT2D eigenvalue weighted by Gasteiger charge is 2.17. The zero-order valence-electron chi connectivity index (χ0n) is 17.5. The molecule has 0 unspecified atom stereocenters. The first kappa shape index (κ1) is 20.3. The van der Waals surface area contributed by atoms with Gasteiger partial charge in [0, 0.05) is 44.8 Å². The minimum Gasteiger partial charge on any atom is -0.352 e. The number of rotatable bonds is 7. The van der Waals surface area contributed by atoms with E-state index in [4.69, 9.17) is 0 Å². The molecule has 0 bridgehead atoms. The van der Waals surface area contributed by atoms with Crippen molar-refractivity contribution >= 4 is 16.8 Å². The van der Waals surface area contributed by atoms with E-state index in [1.807, 2.05) is 24.3 Å². The van der Waals surface area contributed by atoms with Crippen molar-refractivity contribution in [1.82, 2.24) is 14.9 Å². The van der Waals surface area contributed by atoms with Gasteiger partial charge in [0.25, 0.3) is 5.56 Å². The summed E-state index contributed by atoms with van der Waals surface area (Å²) in [6.07, 6.45) is 3.35. The second-order valence-electron chi connectivity index (χ2n) is 8.09. The Kier molecular flexibility index (Phi) is 6.23. The van der Waals surface area contributed by atoms with Crippen molar-refractivity contribution in [2.24, 2.45) is 7.05 Å². The van der Waals surface area contributed by atoms with E-state index in [1.54, 1.807) is 22.6 Å². The number of quaternary nitrogens is 1. The van der Waals surface area contributed by atoms with Crippen LogP contribution in [0.5, 0.6) is 0 Å². The molecule has 3 aromatic rings. The van der Waals surface area contributed by atoms with Gasteiger partial charge in [-0.3, -0.25) is 14.2 Å². The number of nitrogens with one attached hydrogen (secondary N) is 2. The fraction of sp³-hybridized carbons (Fsp3) is 0.375. The molecule has 1 aliphatic heterocycles. The Morgan fingerprint density at radius 2 is 1.77 bits per heavy atom. The Hall–Kier alpha value is -2.99. The molecule has 1 saturated heterocycles. The average molecular weight is 406 g/mol. The minimum absolute atomic E-state index is 0.0271. The second kappa shape index (κ2) is 9.22. The van der Waals surface area contributed by atoms with Crippen LogP contribution in [-0.2, 0) is 31.4 Å². The van der Waals surface area contributed by atoms with Crippen LogP contribution < -0.4 is 15.8 Å². The molecule has 0 spiro atoms. The maximum Gasteiger partial charge on any atom is 0.261 e. The van der Waals surface area contributed by atoms with Crippen molar-refractivity contribution < 1.29 is 9.69 Å². The van der Waals surface area contributed by atoms with Gasteiger partial charge in [-0.1, -0.05) is 36.4 Å². The standard InChI is InChI=1S/C24H28N4O2/c1-27-22(26-21-11-5-4-10-20(21)24(27)30)12-13-23(29)25-16-18-8-2-3-9-19(18)17-28-14-6-7-15-28/h2-5,8-11H,6-7,12-17H2,1H3,(H,25,29)/p+1. The molecule has 156 valence electrons. The van der Waals surface area contributed by atoms with Gasteiger partial charge >= 0.3 is 0 Å². The molecule has 1 aromatic heterocycles. The van der Waals surface area contributed by atoms with Crippen LogP contribution in [0, 0.1) is 0 Å². The van der Waals surface area contributed by atoms with Crippen molar-refractivity contribution in [3.8, 4) is 0 Å². The molecule has 0 radical (unpaired) electrons. The van der Waals surface area contributed by atoms with Crippen LogP contribution in [0.2, 0.25) is 0 Å². The van der Waals surface area contributed by atoms with Gasteiger partial charge in [-0.2, -0.15) is 0 Å². The molecule has 2 aromatic carbocycles. The summed E-state index contributed by atoms with van der Waals surface area (Å²) in [4.78, 5) is 31.2. The highest BCUT2D eigenvalue weighted by atomic mass is 16.1. The molecule has 30 heavy (non-hydrogen) atoms. The molecule has 1 amide bonds. The third-order valence-electron chi connectivity index (χ3n) is 6.00. The summed E-state index contributed by atoms with van der Waals surface area (Å²) in [5, 5.41) is 3.64. The number of carbonyl (C=O) groups is 1. The zero-order valence-corrected chi connectivity index (χ0v) is 17.5. The van der Waals surface area contributed by atoms with Crippen LogP contribution in [0.25, 0.3) is 10.9 Å². The SMILES string of the molecule is Cn1c(CCC(=O)NCc2ccccc2C[NH+]2CCCC2)nc2ccccc2c1=O. The maximum atomic E-state index is 12.5. The Labute approximate surface area is 176 Å². The quantitative estimate of drug-likeness (QED) is 0.624. The number of nitrogens with zero attached hydrogens (tertiary/aromatic N) is 2. The third-order valence-corrected chi connectivity index (χ3v) is 6.00. The van der Waals surface area contributed by atoms with Gasteiger partial charge in [0.1, 0.15) is 12.4 Å². The van der Waals surface area contributed by atoms with E-state index in [9.17, 15) is 9.59 Å². The van der Waals surface area contributed by atoms with Gasteiger partial charge in [0.2, 0.25) is 5.91 Å². The first-order valence-corrected chi connectivity index (χ1v) is 10.7. The van der Waals surface area contributed by atoms with Gasteiger partial charge in [-0.15, -0.1) is 0 Å². The molecule has 4 rings (SSSR count). The third kappa shape index (κ3) is 4.60. The largest absolute Gasteiger partial charge is 0.352 e. The van der Waals surface area contributed by atoms with Gasteiger partial charge < -0.3 is 10.2 Å². The summed E-state index contributed by atoms with van der Waals surface area (Å²) in [5.41, 5.74) is 3.10. The number of amides is 1. The first-order chi connectivity index (χ1) is 14.6. The van der Waals surface area contributed by atoms with E-state index in [1.165, 1.54) is 37.1 Å². The molecular formula is C24H29N4O2+. The molecule has 0 saturated carbocycles. The number of benzene rings is 2. The smallest absolute Gasteiger partial charge is 0.261 e. The number of aryl methyl sites for hydroxylation is 1. The molecule has 1 fully saturated rings. The van der Waals surface area contributed by atoms with Crippen LogP contribution in [0.4, 0.5) is 0 Å². The summed E-state index contributed by atoms with van der Waals surface area (Å²) in [6, 6.07) is 15.7. The lowest BCUT2D eigenvalue weighted by Gasteiger charge is -2.15. The fourth-order valence-corrected chi connectivity index (χ4v) is 4.22. The van der Waals surface area contributed by atoms with Crippen molar-refractivity contribution in [2.75, 3.05) is 13.1 Å². The Bertz CT molecular complexity index is 1100. The number of fused-ring (bicyclic) bond motifs is 1. The second-order valence-corrected chi connectivity index (χ2v) is 8.09. The Balaban J connectivity index is 1.37. The summed E-state index contributed by atoms with van der Waals surface area (Å²) in [6.45, 7) is 4.03. The first-order valence-electron chi connectivity index (χ1n) is 10.7. The Morgan fingerprint density at radius 3 is 2.57 bits per heavy atom. The molecule has 2 heterocycles. The molecule has 6 heteroatoms. The van der Waals surface area contributed by atoms with Crippen molar-refractivity contribution in [3.63, 3.8) is 0 Å². The zero-order chi connectivity index (χ0) is 20.9. The maximum absolute atomic E-state index is 12.5. The monoisotopic (exact) mass is 405 g/mol. The van der Waals surface area contributed by atoms with E-state index in [2.05, 4.69) is 28.5 Å². The van der Waals surface area contributed by atoms with Crippen molar-refractivity contribution in [3.05, 3.63) is 75.8 Å². The number of hydrogen-bond donors (Lipinski definition) is 2. The fourth-order valence-electron chi connectivity index (χ4n) is 4.22. The molecule has 2 N–H and O–H groups in total. The predicted molar refractivity (Wildman–Crippen MR) is 117 cm³/mol. The number of para-hydroxylation sites is 1. The molecule has 1 aliphatic rings. The van der Waals surface area contributed by atoms with E-state index in [-0.39, 0.29) is 11.5 Å². The van der Waals surface area contributed by atoms with Gasteiger partial charge in [0.05, 0.1) is 24.0 Å². The number of aromatic nitrogens is 2. The van der Waals surface area contributed by atoms with Crippen LogP contribution in [0.15, 0.2) is 53.3 Å². The van der Waals surface area contributed by atoms with Crippen molar-refractivity contribution in [1.29, 1.82) is 0 Å². The van der Waals surface area contributed by atoms with E-state index < -0.39 is 0 Å². The number of likely N-dealkylation sites (tertiary alicyclic amines) is 1. The predicted octanol–water partition coefficient (Wildman–Crippen LogP) is 1.36. The van der Waals surface area contributed by atoms with Crippen LogP contribution in [0.1, 0.15) is 36.2 Å². The Morgan fingerprint density at radius 1 is 1.07 bits per heavy atom. The van der Waals surface area contributed by atoms with Crippen LogP contribution >= 0.6 is 0 Å². The highest BCUT2D eigenvalue weighted by Crippen LogP contribution is 2.10. The van der Waals surface area contributed by atoms with Crippen LogP contribution in [0.3, 0.4) is 0 Å². The van der Waals surface area contributed by atoms with Crippen molar-refractivity contribution in [2.45, 2.75) is 38.8 Å². The minimum atomic E-state index is -0.0747. The normalized spacial score (nSPS) is 14.3. The lowest BCUT2D eigenvalue weighted by molar-refractivity contribution is -0.901. The summed E-state index contributed by atoms with van der Waals surface area (Å²) >= 11 is 0. The topological polar surface area (TPSA) is 68.4 Å². The molecular weight excluding hydrogens is 376 g/mol. The molecule has 0 atom stereocenters. The summed E-state index contributed by atoms with van der Waals surface area (Å²) < 4.78 is 1.55. The number of carbonyl (C=O) groups excluding carboxylic acids is 1. The van der Waals surface area contributed by atoms with E-state index in [0.29, 0.717) is 36.1 Å². The summed E-state index contributed by atoms with van der Waals surface area (Å²) in [5.74, 6) is 0.604. The van der Waals surface area contributed by atoms with Gasteiger partial charge in [-0.25, -0.2) is 4.98 Å². The van der Waals surface area contributed by atoms with E-state index >= 15 is 0 Å². The van der Waals surface area contributed by atoms with Crippen LogP contribution in [-0.4, -0.2) is 28.5 Å². The molecule has 0 aliphatic carbocycles. The molecule has 6 nitrogen and oxygen atoms in total.